The largest absolute Gasteiger partial charge is 0.455 e. The Morgan fingerprint density at radius 3 is 2.62 bits per heavy atom. The lowest BCUT2D eigenvalue weighted by Crippen LogP contribution is -2.26. The molecule has 6 nitrogen and oxygen atoms in total. The van der Waals surface area contributed by atoms with Crippen LogP contribution in [0.1, 0.15) is 22.4 Å². The number of hydrogen-bond acceptors (Lipinski definition) is 5. The van der Waals surface area contributed by atoms with E-state index in [-0.39, 0.29) is 5.76 Å². The summed E-state index contributed by atoms with van der Waals surface area (Å²) < 4.78 is 5.53. The number of carbonyl (C=O) groups is 1. The molecule has 0 aliphatic carbocycles. The maximum Gasteiger partial charge on any atom is 0.286 e. The number of nitrogens with two attached hydrogens (primary N) is 2. The molecule has 0 bridgehead atoms. The van der Waals surface area contributed by atoms with E-state index in [0.29, 0.717) is 24.5 Å². The molecule has 2 aromatic rings. The van der Waals surface area contributed by atoms with Crippen LogP contribution in [-0.4, -0.2) is 10.9 Å². The van der Waals surface area contributed by atoms with Crippen molar-refractivity contribution in [3.8, 4) is 0 Å². The predicted molar refractivity (Wildman–Crippen MR) is 103 cm³/mol. The number of amides is 1. The standard InChI is InChI=1S/C20H24N4O2/c1-13-9-19(22)24-14(2)18(13)12-23-20(25)15(3)26-17(11-21)10-16-7-5-4-6-8-16/h4-9,11H,3,10,12,21H2,1-2H3,(H2,22,24)(H,23,25)/b17-11-. The minimum Gasteiger partial charge on any atom is -0.455 e. The Balaban J connectivity index is 1.94. The van der Waals surface area contributed by atoms with Gasteiger partial charge in [-0.25, -0.2) is 4.98 Å². The van der Waals surface area contributed by atoms with Crippen LogP contribution in [0.2, 0.25) is 0 Å². The summed E-state index contributed by atoms with van der Waals surface area (Å²) in [4.78, 5) is 16.5. The number of ether oxygens (including phenoxy) is 1. The fourth-order valence-electron chi connectivity index (χ4n) is 2.55. The molecule has 0 unspecified atom stereocenters. The Morgan fingerprint density at radius 1 is 1.31 bits per heavy atom. The van der Waals surface area contributed by atoms with Crippen molar-refractivity contribution in [1.29, 1.82) is 0 Å². The third kappa shape index (κ3) is 5.11. The molecule has 0 atom stereocenters. The van der Waals surface area contributed by atoms with Gasteiger partial charge in [-0.1, -0.05) is 36.9 Å². The second-order valence-electron chi connectivity index (χ2n) is 5.93. The van der Waals surface area contributed by atoms with Crippen molar-refractivity contribution in [3.63, 3.8) is 0 Å². The number of nitrogens with one attached hydrogen (secondary N) is 1. The molecule has 1 aromatic carbocycles. The third-order valence-electron chi connectivity index (χ3n) is 3.91. The monoisotopic (exact) mass is 352 g/mol. The average Bonchev–Trinajstić information content (AvgIpc) is 2.60. The fraction of sp³-hybridized carbons (Fsp3) is 0.200. The molecular formula is C20H24N4O2. The first kappa shape index (κ1) is 19.1. The number of carbonyl (C=O) groups excluding carboxylic acids is 1. The van der Waals surface area contributed by atoms with Gasteiger partial charge in [-0.05, 0) is 36.6 Å². The maximum atomic E-state index is 12.3. The van der Waals surface area contributed by atoms with E-state index in [9.17, 15) is 4.79 Å². The molecule has 0 radical (unpaired) electrons. The highest BCUT2D eigenvalue weighted by atomic mass is 16.5. The van der Waals surface area contributed by atoms with Crippen LogP contribution in [-0.2, 0) is 22.5 Å². The number of rotatable bonds is 7. The van der Waals surface area contributed by atoms with Gasteiger partial charge in [0, 0.05) is 24.9 Å². The zero-order valence-corrected chi connectivity index (χ0v) is 15.1. The van der Waals surface area contributed by atoms with Gasteiger partial charge in [0.25, 0.3) is 5.91 Å². The smallest absolute Gasteiger partial charge is 0.286 e. The molecule has 0 aliphatic heterocycles. The highest BCUT2D eigenvalue weighted by Gasteiger charge is 2.13. The van der Waals surface area contributed by atoms with E-state index in [2.05, 4.69) is 16.9 Å². The minimum absolute atomic E-state index is 0.0173. The third-order valence-corrected chi connectivity index (χ3v) is 3.91. The lowest BCUT2D eigenvalue weighted by atomic mass is 10.1. The quantitative estimate of drug-likeness (QED) is 0.525. The van der Waals surface area contributed by atoms with E-state index in [4.69, 9.17) is 16.2 Å². The number of allylic oxidation sites excluding steroid dienone is 1. The number of aromatic nitrogens is 1. The molecule has 1 amide bonds. The van der Waals surface area contributed by atoms with Crippen LogP contribution in [0.5, 0.6) is 0 Å². The average molecular weight is 352 g/mol. The van der Waals surface area contributed by atoms with Crippen LogP contribution in [0.3, 0.4) is 0 Å². The van der Waals surface area contributed by atoms with Crippen molar-refractivity contribution >= 4 is 11.7 Å². The van der Waals surface area contributed by atoms with Gasteiger partial charge in [-0.2, -0.15) is 0 Å². The first-order chi connectivity index (χ1) is 12.4. The number of benzene rings is 1. The molecule has 1 aromatic heterocycles. The molecule has 2 rings (SSSR count). The van der Waals surface area contributed by atoms with Crippen LogP contribution in [0, 0.1) is 13.8 Å². The molecule has 0 saturated carbocycles. The van der Waals surface area contributed by atoms with Crippen LogP contribution in [0.25, 0.3) is 0 Å². The van der Waals surface area contributed by atoms with E-state index in [1.807, 2.05) is 44.2 Å². The molecular weight excluding hydrogens is 328 g/mol. The summed E-state index contributed by atoms with van der Waals surface area (Å²) in [7, 11) is 0. The number of anilines is 1. The first-order valence-electron chi connectivity index (χ1n) is 8.23. The van der Waals surface area contributed by atoms with Gasteiger partial charge in [0.15, 0.2) is 5.76 Å². The molecule has 136 valence electrons. The van der Waals surface area contributed by atoms with E-state index >= 15 is 0 Å². The van der Waals surface area contributed by atoms with E-state index in [1.165, 1.54) is 6.20 Å². The Labute approximate surface area is 153 Å². The minimum atomic E-state index is -0.409. The topological polar surface area (TPSA) is 103 Å². The Hall–Kier alpha value is -3.28. The molecule has 5 N–H and O–H groups in total. The van der Waals surface area contributed by atoms with E-state index in [1.54, 1.807) is 6.07 Å². The zero-order valence-electron chi connectivity index (χ0n) is 15.1. The molecule has 0 aliphatic rings. The van der Waals surface area contributed by atoms with Crippen molar-refractivity contribution in [2.24, 2.45) is 5.73 Å². The van der Waals surface area contributed by atoms with Gasteiger partial charge < -0.3 is 21.5 Å². The van der Waals surface area contributed by atoms with Crippen LogP contribution in [0.4, 0.5) is 5.82 Å². The van der Waals surface area contributed by atoms with Crippen molar-refractivity contribution in [2.45, 2.75) is 26.8 Å². The van der Waals surface area contributed by atoms with Crippen molar-refractivity contribution in [1.82, 2.24) is 10.3 Å². The van der Waals surface area contributed by atoms with Gasteiger partial charge in [-0.3, -0.25) is 4.79 Å². The van der Waals surface area contributed by atoms with Crippen LogP contribution < -0.4 is 16.8 Å². The van der Waals surface area contributed by atoms with Crippen LogP contribution in [0.15, 0.2) is 60.7 Å². The molecule has 6 heteroatoms. The summed E-state index contributed by atoms with van der Waals surface area (Å²) in [6.45, 7) is 7.78. The first-order valence-corrected chi connectivity index (χ1v) is 8.23. The Kier molecular flexibility index (Phi) is 6.38. The molecule has 1 heterocycles. The van der Waals surface area contributed by atoms with Crippen molar-refractivity contribution in [2.75, 3.05) is 5.73 Å². The Bertz CT molecular complexity index is 806. The summed E-state index contributed by atoms with van der Waals surface area (Å²) >= 11 is 0. The molecule has 26 heavy (non-hydrogen) atoms. The van der Waals surface area contributed by atoms with Gasteiger partial charge in [0.2, 0.25) is 0 Å². The molecule has 0 saturated heterocycles. The maximum absolute atomic E-state index is 12.3. The highest BCUT2D eigenvalue weighted by molar-refractivity contribution is 5.90. The van der Waals surface area contributed by atoms with E-state index < -0.39 is 5.91 Å². The number of pyridine rings is 1. The lowest BCUT2D eigenvalue weighted by Gasteiger charge is -2.14. The van der Waals surface area contributed by atoms with E-state index in [0.717, 1.165) is 22.4 Å². The van der Waals surface area contributed by atoms with Gasteiger partial charge in [-0.15, -0.1) is 0 Å². The van der Waals surface area contributed by atoms with Gasteiger partial charge in [0.05, 0.1) is 0 Å². The summed E-state index contributed by atoms with van der Waals surface area (Å²) in [5, 5.41) is 2.78. The number of nitrogens with zero attached hydrogens (tertiary/aromatic N) is 1. The zero-order chi connectivity index (χ0) is 19.1. The second kappa shape index (κ2) is 8.71. The summed E-state index contributed by atoms with van der Waals surface area (Å²) in [5.41, 5.74) is 15.0. The molecule has 0 fully saturated rings. The number of nitrogen functional groups attached to an aromatic ring is 1. The number of aryl methyl sites for hydroxylation is 2. The predicted octanol–water partition coefficient (Wildman–Crippen LogP) is 2.47. The molecule has 0 spiro atoms. The van der Waals surface area contributed by atoms with Crippen molar-refractivity contribution in [3.05, 3.63) is 83.1 Å². The Morgan fingerprint density at radius 2 is 2.00 bits per heavy atom. The fourth-order valence-corrected chi connectivity index (χ4v) is 2.55. The lowest BCUT2D eigenvalue weighted by molar-refractivity contribution is -0.120. The normalized spacial score (nSPS) is 11.1. The van der Waals surface area contributed by atoms with Crippen LogP contribution >= 0.6 is 0 Å². The SMILES string of the molecule is C=C(O/C(=C\N)Cc1ccccc1)C(=O)NCc1c(C)cc(N)nc1C. The summed E-state index contributed by atoms with van der Waals surface area (Å²) in [5.74, 6) is 0.490. The second-order valence-corrected chi connectivity index (χ2v) is 5.93. The highest BCUT2D eigenvalue weighted by Crippen LogP contribution is 2.15. The summed E-state index contributed by atoms with van der Waals surface area (Å²) in [6, 6.07) is 11.5. The summed E-state index contributed by atoms with van der Waals surface area (Å²) in [6.07, 6.45) is 1.81. The van der Waals surface area contributed by atoms with Gasteiger partial charge in [0.1, 0.15) is 11.6 Å². The van der Waals surface area contributed by atoms with Crippen molar-refractivity contribution < 1.29 is 9.53 Å². The van der Waals surface area contributed by atoms with Gasteiger partial charge >= 0.3 is 0 Å². The number of hydrogen-bond donors (Lipinski definition) is 3.